The molecular weight excluding hydrogens is 377 g/mol. The number of phenols is 1. The molecule has 0 aliphatic rings. The Kier molecular flexibility index (Phi) is 6.85. The molecule has 0 radical (unpaired) electrons. The van der Waals surface area contributed by atoms with Gasteiger partial charge >= 0.3 is 0 Å². The van der Waals surface area contributed by atoms with Gasteiger partial charge in [-0.25, -0.2) is 0 Å². The molecule has 0 bridgehead atoms. The second kappa shape index (κ2) is 8.16. The Labute approximate surface area is 131 Å². The molecule has 0 heterocycles. The van der Waals surface area contributed by atoms with Crippen molar-refractivity contribution in [3.63, 3.8) is 0 Å². The lowest BCUT2D eigenvalue weighted by molar-refractivity contribution is 0.317. The fraction of sp³-hybridized carbons (Fsp3) is 0.333. The van der Waals surface area contributed by atoms with Gasteiger partial charge in [-0.1, -0.05) is 0 Å². The van der Waals surface area contributed by atoms with Gasteiger partial charge in [0.05, 0.1) is 16.4 Å². The SMILES string of the molecule is CCNC(=S)N/N=C\c1cc(I)c(O)c(OCC)c1. The predicted octanol–water partition coefficient (Wildman–Crippen LogP) is 2.21. The first-order valence-corrected chi connectivity index (χ1v) is 7.29. The maximum absolute atomic E-state index is 9.81. The lowest BCUT2D eigenvalue weighted by atomic mass is 10.2. The number of halogens is 1. The number of nitrogens with zero attached hydrogens (tertiary/aromatic N) is 1. The van der Waals surface area contributed by atoms with E-state index in [1.807, 2.05) is 36.4 Å². The molecule has 1 rings (SSSR count). The summed E-state index contributed by atoms with van der Waals surface area (Å²) >= 11 is 7.02. The zero-order valence-electron chi connectivity index (χ0n) is 10.7. The molecule has 104 valence electrons. The monoisotopic (exact) mass is 393 g/mol. The highest BCUT2D eigenvalue weighted by atomic mass is 127. The molecule has 3 N–H and O–H groups in total. The van der Waals surface area contributed by atoms with E-state index in [1.54, 1.807) is 18.3 Å². The summed E-state index contributed by atoms with van der Waals surface area (Å²) in [6.45, 7) is 5.05. The number of hydrogen-bond donors (Lipinski definition) is 3. The number of rotatable bonds is 5. The van der Waals surface area contributed by atoms with Crippen LogP contribution >= 0.6 is 34.8 Å². The van der Waals surface area contributed by atoms with Crippen LogP contribution in [0, 0.1) is 3.57 Å². The topological polar surface area (TPSA) is 65.9 Å². The van der Waals surface area contributed by atoms with Crippen LogP contribution in [0.5, 0.6) is 11.5 Å². The highest BCUT2D eigenvalue weighted by Gasteiger charge is 2.08. The minimum absolute atomic E-state index is 0.149. The second-order valence-electron chi connectivity index (χ2n) is 3.51. The Hall–Kier alpha value is -1.09. The number of hydrazone groups is 1. The zero-order chi connectivity index (χ0) is 14.3. The van der Waals surface area contributed by atoms with E-state index in [4.69, 9.17) is 17.0 Å². The summed E-state index contributed by atoms with van der Waals surface area (Å²) in [5, 5.41) is 17.2. The minimum atomic E-state index is 0.149. The highest BCUT2D eigenvalue weighted by molar-refractivity contribution is 14.1. The summed E-state index contributed by atoms with van der Waals surface area (Å²) in [6, 6.07) is 3.53. The quantitative estimate of drug-likeness (QED) is 0.310. The van der Waals surface area contributed by atoms with Gasteiger partial charge in [0.1, 0.15) is 0 Å². The molecule has 0 spiro atoms. The van der Waals surface area contributed by atoms with Crippen LogP contribution < -0.4 is 15.5 Å². The second-order valence-corrected chi connectivity index (χ2v) is 5.08. The fourth-order valence-electron chi connectivity index (χ4n) is 1.30. The summed E-state index contributed by atoms with van der Waals surface area (Å²) < 4.78 is 6.06. The van der Waals surface area contributed by atoms with Crippen molar-refractivity contribution in [2.75, 3.05) is 13.2 Å². The van der Waals surface area contributed by atoms with Gasteiger partial charge in [-0.3, -0.25) is 5.43 Å². The van der Waals surface area contributed by atoms with Crippen molar-refractivity contribution < 1.29 is 9.84 Å². The molecule has 1 aromatic rings. The van der Waals surface area contributed by atoms with E-state index in [0.717, 1.165) is 12.1 Å². The van der Waals surface area contributed by atoms with Crippen molar-refractivity contribution in [3.05, 3.63) is 21.3 Å². The maximum atomic E-state index is 9.81. The molecule has 1 aromatic carbocycles. The number of thiocarbonyl (C=S) groups is 1. The van der Waals surface area contributed by atoms with Gasteiger partial charge in [0, 0.05) is 6.54 Å². The first-order chi connectivity index (χ1) is 9.08. The smallest absolute Gasteiger partial charge is 0.186 e. The first-order valence-electron chi connectivity index (χ1n) is 5.80. The zero-order valence-corrected chi connectivity index (χ0v) is 13.7. The van der Waals surface area contributed by atoms with E-state index >= 15 is 0 Å². The molecule has 19 heavy (non-hydrogen) atoms. The van der Waals surface area contributed by atoms with Gasteiger partial charge in [-0.05, 0) is 66.4 Å². The molecule has 0 saturated carbocycles. The van der Waals surface area contributed by atoms with Gasteiger partial charge in [-0.15, -0.1) is 0 Å². The summed E-state index contributed by atoms with van der Waals surface area (Å²) in [5.41, 5.74) is 3.52. The van der Waals surface area contributed by atoms with Crippen LogP contribution in [-0.4, -0.2) is 29.6 Å². The third-order valence-corrected chi connectivity index (χ3v) is 3.13. The first kappa shape index (κ1) is 16.0. The summed E-state index contributed by atoms with van der Waals surface area (Å²) in [5.74, 6) is 0.598. The largest absolute Gasteiger partial charge is 0.504 e. The Bertz CT molecular complexity index is 480. The molecule has 0 unspecified atom stereocenters. The van der Waals surface area contributed by atoms with E-state index in [0.29, 0.717) is 21.0 Å². The van der Waals surface area contributed by atoms with E-state index in [9.17, 15) is 5.11 Å². The van der Waals surface area contributed by atoms with E-state index < -0.39 is 0 Å². The molecule has 0 aliphatic carbocycles. The van der Waals surface area contributed by atoms with Crippen molar-refractivity contribution in [2.45, 2.75) is 13.8 Å². The Balaban J connectivity index is 2.78. The number of benzene rings is 1. The fourth-order valence-corrected chi connectivity index (χ4v) is 2.12. The Morgan fingerprint density at radius 2 is 2.26 bits per heavy atom. The number of phenolic OH excluding ortho intramolecular Hbond substituents is 1. The number of nitrogens with one attached hydrogen (secondary N) is 2. The Morgan fingerprint density at radius 3 is 2.89 bits per heavy atom. The Morgan fingerprint density at radius 1 is 1.53 bits per heavy atom. The lowest BCUT2D eigenvalue weighted by Gasteiger charge is -2.08. The minimum Gasteiger partial charge on any atom is -0.504 e. The summed E-state index contributed by atoms with van der Waals surface area (Å²) in [7, 11) is 0. The van der Waals surface area contributed by atoms with Crippen molar-refractivity contribution in [3.8, 4) is 11.5 Å². The average molecular weight is 393 g/mol. The maximum Gasteiger partial charge on any atom is 0.186 e. The molecule has 0 aromatic heterocycles. The van der Waals surface area contributed by atoms with Crippen molar-refractivity contribution in [2.24, 2.45) is 5.10 Å². The van der Waals surface area contributed by atoms with Crippen LogP contribution in [0.1, 0.15) is 19.4 Å². The molecule has 0 fully saturated rings. The van der Waals surface area contributed by atoms with E-state index in [2.05, 4.69) is 15.8 Å². The van der Waals surface area contributed by atoms with Crippen LogP contribution in [0.2, 0.25) is 0 Å². The number of hydrogen-bond acceptors (Lipinski definition) is 4. The average Bonchev–Trinajstić information content (AvgIpc) is 2.36. The molecule has 0 atom stereocenters. The molecule has 0 aliphatic heterocycles. The standard InChI is InChI=1S/C12H16IN3O2S/c1-3-14-12(19)16-15-7-8-5-9(13)11(17)10(6-8)18-4-2/h5-7,17H,3-4H2,1-2H3,(H2,14,16,19)/b15-7-. The van der Waals surface area contributed by atoms with Crippen molar-refractivity contribution >= 4 is 46.1 Å². The van der Waals surface area contributed by atoms with Crippen LogP contribution in [0.25, 0.3) is 0 Å². The predicted molar refractivity (Wildman–Crippen MR) is 89.0 cm³/mol. The number of aromatic hydroxyl groups is 1. The van der Waals surface area contributed by atoms with Gasteiger partial charge in [0.15, 0.2) is 16.6 Å². The molecular formula is C12H16IN3O2S. The normalized spacial score (nSPS) is 10.5. The van der Waals surface area contributed by atoms with Crippen LogP contribution in [-0.2, 0) is 0 Å². The van der Waals surface area contributed by atoms with Gasteiger partial charge in [0.25, 0.3) is 0 Å². The van der Waals surface area contributed by atoms with E-state index in [1.165, 1.54) is 0 Å². The van der Waals surface area contributed by atoms with Gasteiger partial charge in [0.2, 0.25) is 0 Å². The molecule has 0 saturated heterocycles. The summed E-state index contributed by atoms with van der Waals surface area (Å²) in [4.78, 5) is 0. The van der Waals surface area contributed by atoms with Gasteiger partial charge < -0.3 is 15.2 Å². The third kappa shape index (κ3) is 5.19. The van der Waals surface area contributed by atoms with Gasteiger partial charge in [-0.2, -0.15) is 5.10 Å². The highest BCUT2D eigenvalue weighted by Crippen LogP contribution is 2.32. The lowest BCUT2D eigenvalue weighted by Crippen LogP contribution is -2.31. The van der Waals surface area contributed by atoms with Crippen LogP contribution in [0.3, 0.4) is 0 Å². The molecule has 7 heteroatoms. The molecule has 5 nitrogen and oxygen atoms in total. The summed E-state index contributed by atoms with van der Waals surface area (Å²) in [6.07, 6.45) is 1.62. The van der Waals surface area contributed by atoms with Crippen LogP contribution in [0.4, 0.5) is 0 Å². The van der Waals surface area contributed by atoms with E-state index in [-0.39, 0.29) is 5.75 Å². The number of ether oxygens (including phenoxy) is 1. The van der Waals surface area contributed by atoms with Crippen molar-refractivity contribution in [1.82, 2.24) is 10.7 Å². The van der Waals surface area contributed by atoms with Crippen LogP contribution in [0.15, 0.2) is 17.2 Å². The molecule has 0 amide bonds. The van der Waals surface area contributed by atoms with Crippen molar-refractivity contribution in [1.29, 1.82) is 0 Å². The third-order valence-electron chi connectivity index (χ3n) is 2.07.